The fourth-order valence-electron chi connectivity index (χ4n) is 11.3. The van der Waals surface area contributed by atoms with Crippen LogP contribution in [-0.2, 0) is 65.4 Å². The van der Waals surface area contributed by atoms with Gasteiger partial charge in [0.15, 0.2) is 12.2 Å². The van der Waals surface area contributed by atoms with E-state index in [1.807, 2.05) is 12.2 Å². The van der Waals surface area contributed by atoms with E-state index >= 15 is 0 Å². The molecule has 594 valence electrons. The number of phosphoric ester groups is 2. The third-order valence-corrected chi connectivity index (χ3v) is 19.5. The minimum absolute atomic E-state index is 0.0859. The second-order valence-corrected chi connectivity index (χ2v) is 30.6. The largest absolute Gasteiger partial charge is 0.472 e. The Bertz CT molecular complexity index is 2210. The Morgan fingerprint density at radius 2 is 0.490 bits per heavy atom. The van der Waals surface area contributed by atoms with Crippen LogP contribution in [0.15, 0.2) is 72.9 Å². The third kappa shape index (κ3) is 74.8. The number of aliphatic hydroxyl groups is 1. The van der Waals surface area contributed by atoms with E-state index < -0.39 is 97.5 Å². The van der Waals surface area contributed by atoms with Crippen LogP contribution >= 0.6 is 15.6 Å². The molecule has 0 rings (SSSR count). The molecule has 0 aromatic heterocycles. The molecule has 5 atom stereocenters. The minimum Gasteiger partial charge on any atom is -0.462 e. The first kappa shape index (κ1) is 98.5. The smallest absolute Gasteiger partial charge is 0.462 e. The van der Waals surface area contributed by atoms with Gasteiger partial charge in [0.2, 0.25) is 0 Å². The summed E-state index contributed by atoms with van der Waals surface area (Å²) in [7, 11) is -9.96. The molecule has 0 heterocycles. The Balaban J connectivity index is 5.39. The molecule has 0 saturated heterocycles. The lowest BCUT2D eigenvalue weighted by Crippen LogP contribution is -2.30. The van der Waals surface area contributed by atoms with E-state index in [0.29, 0.717) is 32.1 Å². The summed E-state index contributed by atoms with van der Waals surface area (Å²) in [5, 5.41) is 10.6. The van der Waals surface area contributed by atoms with Crippen LogP contribution in [-0.4, -0.2) is 96.7 Å². The van der Waals surface area contributed by atoms with Gasteiger partial charge in [-0.3, -0.25) is 37.3 Å². The number of hydrogen-bond acceptors (Lipinski definition) is 15. The van der Waals surface area contributed by atoms with Crippen LogP contribution in [0.25, 0.3) is 0 Å². The highest BCUT2D eigenvalue weighted by atomic mass is 31.2. The van der Waals surface area contributed by atoms with Crippen molar-refractivity contribution in [1.82, 2.24) is 0 Å². The van der Waals surface area contributed by atoms with Gasteiger partial charge in [-0.25, -0.2) is 9.13 Å². The average Bonchev–Trinajstić information content (AvgIpc) is 0.923. The topological polar surface area (TPSA) is 237 Å². The number of hydrogen-bond donors (Lipinski definition) is 3. The summed E-state index contributed by atoms with van der Waals surface area (Å²) in [5.74, 6) is -2.23. The highest BCUT2D eigenvalue weighted by molar-refractivity contribution is 7.47. The Labute approximate surface area is 622 Å². The van der Waals surface area contributed by atoms with Gasteiger partial charge in [-0.1, -0.05) is 306 Å². The Hall–Kier alpha value is -3.50. The zero-order valence-electron chi connectivity index (χ0n) is 65.0. The maximum absolute atomic E-state index is 13.1. The summed E-state index contributed by atoms with van der Waals surface area (Å²) in [6.45, 7) is 4.83. The summed E-state index contributed by atoms with van der Waals surface area (Å²) in [4.78, 5) is 73.0. The van der Waals surface area contributed by atoms with Crippen molar-refractivity contribution >= 4 is 39.5 Å². The van der Waals surface area contributed by atoms with E-state index in [2.05, 4.69) is 88.5 Å². The molecule has 0 aliphatic carbocycles. The predicted octanol–water partition coefficient (Wildman–Crippen LogP) is 24.0. The highest BCUT2D eigenvalue weighted by Crippen LogP contribution is 2.45. The molecule has 0 spiro atoms. The van der Waals surface area contributed by atoms with Crippen LogP contribution in [0.3, 0.4) is 0 Å². The summed E-state index contributed by atoms with van der Waals surface area (Å²) in [6, 6.07) is 0. The highest BCUT2D eigenvalue weighted by Gasteiger charge is 2.30. The van der Waals surface area contributed by atoms with Crippen molar-refractivity contribution in [2.24, 2.45) is 0 Å². The molecular weight excluding hydrogens is 1330 g/mol. The van der Waals surface area contributed by atoms with Crippen molar-refractivity contribution in [3.8, 4) is 0 Å². The molecule has 2 unspecified atom stereocenters. The van der Waals surface area contributed by atoms with Crippen molar-refractivity contribution in [1.29, 1.82) is 0 Å². The van der Waals surface area contributed by atoms with Crippen LogP contribution in [0.1, 0.15) is 374 Å². The molecule has 102 heavy (non-hydrogen) atoms. The quantitative estimate of drug-likeness (QED) is 0.0169. The zero-order valence-corrected chi connectivity index (χ0v) is 66.8. The lowest BCUT2D eigenvalue weighted by Gasteiger charge is -2.21. The number of allylic oxidation sites excluding steroid dienone is 12. The summed E-state index contributed by atoms with van der Waals surface area (Å²) >= 11 is 0. The van der Waals surface area contributed by atoms with Gasteiger partial charge in [-0.15, -0.1) is 0 Å². The average molecular weight is 1480 g/mol. The van der Waals surface area contributed by atoms with Gasteiger partial charge in [-0.2, -0.15) is 0 Å². The molecule has 3 N–H and O–H groups in total. The van der Waals surface area contributed by atoms with Gasteiger partial charge in [0.1, 0.15) is 19.3 Å². The molecule has 17 nitrogen and oxygen atoms in total. The van der Waals surface area contributed by atoms with Crippen molar-refractivity contribution in [3.05, 3.63) is 72.9 Å². The van der Waals surface area contributed by atoms with Crippen LogP contribution in [0.2, 0.25) is 0 Å². The SMILES string of the molecule is CCCCC/C=C\C/C=C\C/C=C\C/C=C\CCCC(=O)OC[C@H](COP(=O)(O)OC[C@@H](O)COP(=O)(O)OC[C@@H](COC(=O)CCCCCCC/C=C\CCCCCCCC)OC(=O)CCCCCCC/C=C\CCCCCCCC)OC(=O)CCCCCCCCCCCCCCCCC. The van der Waals surface area contributed by atoms with E-state index in [9.17, 15) is 43.2 Å². The number of carbonyl (C=O) groups is 4. The number of esters is 4. The Morgan fingerprint density at radius 1 is 0.275 bits per heavy atom. The second-order valence-electron chi connectivity index (χ2n) is 27.7. The molecule has 0 bridgehead atoms. The van der Waals surface area contributed by atoms with Gasteiger partial charge in [0.25, 0.3) is 0 Å². The van der Waals surface area contributed by atoms with Gasteiger partial charge in [0.05, 0.1) is 26.4 Å². The number of ether oxygens (including phenoxy) is 4. The van der Waals surface area contributed by atoms with Crippen molar-refractivity contribution < 1.29 is 80.2 Å². The third-order valence-electron chi connectivity index (χ3n) is 17.6. The normalized spacial score (nSPS) is 14.2. The molecule has 0 saturated carbocycles. The second kappa shape index (κ2) is 75.7. The molecular formula is C83H150O17P2. The monoisotopic (exact) mass is 1480 g/mol. The first-order chi connectivity index (χ1) is 49.7. The summed E-state index contributed by atoms with van der Waals surface area (Å²) in [6.07, 6.45) is 77.3. The standard InChI is InChI=1S/C83H150O17P2/c1-5-9-13-17-21-25-29-33-37-38-42-44-48-52-56-60-64-68-81(86)94-74-79(100-83(88)70-66-62-58-54-50-46-41-36-32-28-24-20-16-12-8-4)76-98-102(91,92)96-72-77(84)71-95-101(89,90)97-75-78(99-82(87)69-65-61-57-53-49-45-40-35-31-27-23-19-15-11-7-3)73-93-80(85)67-63-59-55-51-47-43-39-34-30-26-22-18-14-10-6-2/h21,25,33-35,37,39-40,42,44,52,56,77-79,84H,5-20,22-24,26-32,36,38,41,43,45-51,53-55,57-76H2,1-4H3,(H,89,90)(H,91,92)/b25-21-,37-33-,39-34-,40-35-,44-42-,56-52-/t77-,78+,79+/m0/s1. The van der Waals surface area contributed by atoms with Gasteiger partial charge < -0.3 is 33.8 Å². The summed E-state index contributed by atoms with van der Waals surface area (Å²) in [5.41, 5.74) is 0. The molecule has 0 aromatic carbocycles. The van der Waals surface area contributed by atoms with E-state index in [0.717, 1.165) is 128 Å². The molecule has 0 amide bonds. The zero-order chi connectivity index (χ0) is 74.6. The van der Waals surface area contributed by atoms with Crippen LogP contribution < -0.4 is 0 Å². The summed E-state index contributed by atoms with van der Waals surface area (Å²) < 4.78 is 68.6. The van der Waals surface area contributed by atoms with Crippen molar-refractivity contribution in [3.63, 3.8) is 0 Å². The van der Waals surface area contributed by atoms with E-state index in [1.165, 1.54) is 161 Å². The molecule has 0 aliphatic heterocycles. The molecule has 0 radical (unpaired) electrons. The Morgan fingerprint density at radius 3 is 0.804 bits per heavy atom. The lowest BCUT2D eigenvalue weighted by molar-refractivity contribution is -0.161. The lowest BCUT2D eigenvalue weighted by atomic mass is 10.0. The van der Waals surface area contributed by atoms with Crippen molar-refractivity contribution in [2.45, 2.75) is 393 Å². The van der Waals surface area contributed by atoms with Gasteiger partial charge >= 0.3 is 39.5 Å². The first-order valence-electron chi connectivity index (χ1n) is 41.2. The number of aliphatic hydroxyl groups excluding tert-OH is 1. The van der Waals surface area contributed by atoms with Crippen LogP contribution in [0.5, 0.6) is 0 Å². The van der Waals surface area contributed by atoms with E-state index in [4.69, 9.17) is 37.0 Å². The Kier molecular flexibility index (Phi) is 73.1. The predicted molar refractivity (Wildman–Crippen MR) is 418 cm³/mol. The number of rotatable bonds is 78. The van der Waals surface area contributed by atoms with Gasteiger partial charge in [-0.05, 0) is 116 Å². The van der Waals surface area contributed by atoms with Crippen molar-refractivity contribution in [2.75, 3.05) is 39.6 Å². The molecule has 0 aliphatic rings. The molecule has 0 aromatic rings. The van der Waals surface area contributed by atoms with Gasteiger partial charge in [0, 0.05) is 25.7 Å². The van der Waals surface area contributed by atoms with E-state index in [1.54, 1.807) is 0 Å². The first-order valence-corrected chi connectivity index (χ1v) is 44.2. The number of unbranched alkanes of at least 4 members (excludes halogenated alkanes) is 40. The maximum Gasteiger partial charge on any atom is 0.472 e. The molecule has 0 fully saturated rings. The van der Waals surface area contributed by atoms with Crippen LogP contribution in [0, 0.1) is 0 Å². The fourth-order valence-corrected chi connectivity index (χ4v) is 12.9. The minimum atomic E-state index is -4.98. The van der Waals surface area contributed by atoms with E-state index in [-0.39, 0.29) is 25.7 Å². The molecule has 19 heteroatoms. The number of carbonyl (C=O) groups excluding carboxylic acids is 4. The maximum atomic E-state index is 13.1. The van der Waals surface area contributed by atoms with Crippen LogP contribution in [0.4, 0.5) is 0 Å². The number of phosphoric acid groups is 2. The fraction of sp³-hybridized carbons (Fsp3) is 0.807.